The second kappa shape index (κ2) is 4.35. The summed E-state index contributed by atoms with van der Waals surface area (Å²) in [5, 5.41) is 8.52. The molecule has 1 aliphatic rings. The van der Waals surface area contributed by atoms with Crippen LogP contribution >= 0.6 is 23.6 Å². The summed E-state index contributed by atoms with van der Waals surface area (Å²) in [5.74, 6) is 0. The van der Waals surface area contributed by atoms with E-state index in [4.69, 9.17) is 12.2 Å². The number of H-pyrrole nitrogens is 1. The molecule has 0 saturated heterocycles. The molecule has 88 valence electrons. The second-order valence-electron chi connectivity index (χ2n) is 4.57. The van der Waals surface area contributed by atoms with Crippen LogP contribution in [0.15, 0.2) is 30.3 Å². The zero-order chi connectivity index (χ0) is 11.7. The van der Waals surface area contributed by atoms with E-state index < -0.39 is 0 Å². The third-order valence-electron chi connectivity index (χ3n) is 3.63. The highest BCUT2D eigenvalue weighted by Crippen LogP contribution is 2.46. The Labute approximate surface area is 110 Å². The molecule has 0 amide bonds. The summed E-state index contributed by atoms with van der Waals surface area (Å²) in [6.07, 6.45) is 4.93. The summed E-state index contributed by atoms with van der Waals surface area (Å²) in [4.78, 5) is 0. The fourth-order valence-electron chi connectivity index (χ4n) is 2.80. The first-order valence-corrected chi connectivity index (χ1v) is 7.15. The smallest absolute Gasteiger partial charge is 0.176 e. The van der Waals surface area contributed by atoms with E-state index in [1.165, 1.54) is 31.2 Å². The zero-order valence-corrected chi connectivity index (χ0v) is 11.1. The lowest BCUT2D eigenvalue weighted by Gasteiger charge is -2.26. The quantitative estimate of drug-likeness (QED) is 0.827. The van der Waals surface area contributed by atoms with Gasteiger partial charge in [-0.15, -0.1) is 0 Å². The minimum Gasteiger partial charge on any atom is -0.258 e. The highest BCUT2D eigenvalue weighted by molar-refractivity contribution is 7.73. The standard InChI is InChI=1S/C13H14N2S2/c16-12-15-14-11(17-12)13(8-4-5-9-13)10-6-2-1-3-7-10/h1-3,6-7H,4-5,8-9H2,(H,15,16). The normalized spacial score (nSPS) is 18.4. The van der Waals surface area contributed by atoms with Crippen LogP contribution in [0.4, 0.5) is 0 Å². The molecule has 2 nitrogen and oxygen atoms in total. The van der Waals surface area contributed by atoms with Gasteiger partial charge in [-0.2, -0.15) is 5.10 Å². The first-order chi connectivity index (χ1) is 8.31. The molecule has 1 aromatic carbocycles. The predicted octanol–water partition coefficient (Wildman–Crippen LogP) is 4.06. The van der Waals surface area contributed by atoms with Crippen LogP contribution in [-0.2, 0) is 5.41 Å². The lowest BCUT2D eigenvalue weighted by Crippen LogP contribution is -2.23. The number of rotatable bonds is 2. The average molecular weight is 262 g/mol. The van der Waals surface area contributed by atoms with E-state index in [1.807, 2.05) is 0 Å². The molecule has 0 atom stereocenters. The molecule has 1 N–H and O–H groups in total. The molecule has 1 saturated carbocycles. The van der Waals surface area contributed by atoms with Crippen LogP contribution in [-0.4, -0.2) is 10.2 Å². The molecular formula is C13H14N2S2. The van der Waals surface area contributed by atoms with Crippen molar-refractivity contribution < 1.29 is 0 Å². The lowest BCUT2D eigenvalue weighted by atomic mass is 9.79. The minimum absolute atomic E-state index is 0.111. The fourth-order valence-corrected chi connectivity index (χ4v) is 3.95. The van der Waals surface area contributed by atoms with Gasteiger partial charge in [0.05, 0.1) is 0 Å². The van der Waals surface area contributed by atoms with Gasteiger partial charge in [-0.05, 0) is 30.6 Å². The molecule has 0 spiro atoms. The third-order valence-corrected chi connectivity index (χ3v) is 4.92. The Morgan fingerprint density at radius 3 is 2.47 bits per heavy atom. The van der Waals surface area contributed by atoms with Gasteiger partial charge < -0.3 is 0 Å². The van der Waals surface area contributed by atoms with Gasteiger partial charge in [0.15, 0.2) is 3.95 Å². The maximum absolute atomic E-state index is 5.17. The summed E-state index contributed by atoms with van der Waals surface area (Å²) < 4.78 is 0.780. The van der Waals surface area contributed by atoms with E-state index in [1.54, 1.807) is 11.3 Å². The largest absolute Gasteiger partial charge is 0.258 e. The number of nitrogens with zero attached hydrogens (tertiary/aromatic N) is 1. The zero-order valence-electron chi connectivity index (χ0n) is 9.48. The molecule has 1 heterocycles. The number of hydrogen-bond acceptors (Lipinski definition) is 3. The molecule has 0 radical (unpaired) electrons. The second-order valence-corrected chi connectivity index (χ2v) is 6.24. The van der Waals surface area contributed by atoms with E-state index in [-0.39, 0.29) is 5.41 Å². The van der Waals surface area contributed by atoms with E-state index >= 15 is 0 Å². The number of aromatic nitrogens is 2. The summed E-state index contributed by atoms with van der Waals surface area (Å²) in [6.45, 7) is 0. The van der Waals surface area contributed by atoms with Gasteiger partial charge >= 0.3 is 0 Å². The van der Waals surface area contributed by atoms with Gasteiger partial charge in [0, 0.05) is 5.41 Å². The molecule has 0 bridgehead atoms. The van der Waals surface area contributed by atoms with Gasteiger partial charge in [-0.3, -0.25) is 5.10 Å². The van der Waals surface area contributed by atoms with Crippen molar-refractivity contribution in [3.8, 4) is 0 Å². The minimum atomic E-state index is 0.111. The van der Waals surface area contributed by atoms with Crippen LogP contribution in [0.25, 0.3) is 0 Å². The van der Waals surface area contributed by atoms with Crippen molar-refractivity contribution in [2.75, 3.05) is 0 Å². The Bertz CT molecular complexity index is 550. The lowest BCUT2D eigenvalue weighted by molar-refractivity contribution is 0.526. The summed E-state index contributed by atoms with van der Waals surface area (Å²) >= 11 is 6.80. The van der Waals surface area contributed by atoms with Crippen LogP contribution < -0.4 is 0 Å². The predicted molar refractivity (Wildman–Crippen MR) is 73.0 cm³/mol. The Hall–Kier alpha value is -1.00. The summed E-state index contributed by atoms with van der Waals surface area (Å²) in [5.41, 5.74) is 1.50. The molecule has 1 fully saturated rings. The summed E-state index contributed by atoms with van der Waals surface area (Å²) in [6, 6.07) is 10.7. The molecule has 4 heteroatoms. The molecule has 3 rings (SSSR count). The maximum Gasteiger partial charge on any atom is 0.176 e. The van der Waals surface area contributed by atoms with Gasteiger partial charge in [0.2, 0.25) is 0 Å². The van der Waals surface area contributed by atoms with Crippen molar-refractivity contribution in [1.29, 1.82) is 0 Å². The molecule has 17 heavy (non-hydrogen) atoms. The fraction of sp³-hybridized carbons (Fsp3) is 0.385. The van der Waals surface area contributed by atoms with Crippen LogP contribution in [0.5, 0.6) is 0 Å². The summed E-state index contributed by atoms with van der Waals surface area (Å²) in [7, 11) is 0. The topological polar surface area (TPSA) is 28.7 Å². The molecule has 2 aromatic rings. The van der Waals surface area contributed by atoms with Crippen LogP contribution in [0, 0.1) is 3.95 Å². The first-order valence-electron chi connectivity index (χ1n) is 5.93. The van der Waals surface area contributed by atoms with E-state index in [2.05, 4.69) is 40.5 Å². The van der Waals surface area contributed by atoms with Crippen molar-refractivity contribution >= 4 is 23.6 Å². The number of benzene rings is 1. The number of nitrogens with one attached hydrogen (secondary N) is 1. The Morgan fingerprint density at radius 1 is 1.18 bits per heavy atom. The van der Waals surface area contributed by atoms with Gasteiger partial charge in [-0.1, -0.05) is 54.5 Å². The monoisotopic (exact) mass is 262 g/mol. The van der Waals surface area contributed by atoms with Gasteiger partial charge in [0.25, 0.3) is 0 Å². The van der Waals surface area contributed by atoms with Crippen molar-refractivity contribution in [2.24, 2.45) is 0 Å². The van der Waals surface area contributed by atoms with Crippen molar-refractivity contribution in [1.82, 2.24) is 10.2 Å². The average Bonchev–Trinajstić information content (AvgIpc) is 2.99. The van der Waals surface area contributed by atoms with Crippen molar-refractivity contribution in [3.05, 3.63) is 44.9 Å². The molecule has 0 aliphatic heterocycles. The van der Waals surface area contributed by atoms with Gasteiger partial charge in [-0.25, -0.2) is 0 Å². The van der Waals surface area contributed by atoms with E-state index in [0.717, 1.165) is 8.96 Å². The van der Waals surface area contributed by atoms with E-state index in [0.29, 0.717) is 0 Å². The third kappa shape index (κ3) is 1.85. The van der Waals surface area contributed by atoms with Crippen LogP contribution in [0.3, 0.4) is 0 Å². The molecule has 1 aliphatic carbocycles. The molecular weight excluding hydrogens is 248 g/mol. The van der Waals surface area contributed by atoms with Crippen LogP contribution in [0.1, 0.15) is 36.3 Å². The molecule has 1 aromatic heterocycles. The number of hydrogen-bond donors (Lipinski definition) is 1. The van der Waals surface area contributed by atoms with E-state index in [9.17, 15) is 0 Å². The van der Waals surface area contributed by atoms with Crippen LogP contribution in [0.2, 0.25) is 0 Å². The maximum atomic E-state index is 5.17. The Kier molecular flexibility index (Phi) is 2.84. The first kappa shape index (κ1) is 11.1. The molecule has 0 unspecified atom stereocenters. The van der Waals surface area contributed by atoms with Crippen molar-refractivity contribution in [2.45, 2.75) is 31.1 Å². The SMILES string of the molecule is S=c1[nH]nc(C2(c3ccccc3)CCCC2)s1. The Balaban J connectivity index is 2.14. The Morgan fingerprint density at radius 2 is 1.88 bits per heavy atom. The highest BCUT2D eigenvalue weighted by atomic mass is 32.1. The van der Waals surface area contributed by atoms with Gasteiger partial charge in [0.1, 0.15) is 5.01 Å². The highest BCUT2D eigenvalue weighted by Gasteiger charge is 2.39. The number of aromatic amines is 1. The van der Waals surface area contributed by atoms with Crippen molar-refractivity contribution in [3.63, 3.8) is 0 Å².